The quantitative estimate of drug-likeness (QED) is 0.409. The van der Waals surface area contributed by atoms with E-state index in [1.165, 1.54) is 24.3 Å². The second kappa shape index (κ2) is 8.53. The van der Waals surface area contributed by atoms with Gasteiger partial charge in [0.15, 0.2) is 6.61 Å². The number of para-hydroxylation sites is 1. The van der Waals surface area contributed by atoms with Crippen molar-refractivity contribution in [3.05, 3.63) is 70.3 Å². The number of nitro benzene ring substituents is 1. The highest BCUT2D eigenvalue weighted by atomic mass is 32.2. The first-order valence-electron chi connectivity index (χ1n) is 8.17. The van der Waals surface area contributed by atoms with Crippen LogP contribution in [0.1, 0.15) is 10.4 Å². The largest absolute Gasteiger partial charge is 0.484 e. The number of nitrogens with one attached hydrogen (secondary N) is 2. The molecule has 2 atom stereocenters. The summed E-state index contributed by atoms with van der Waals surface area (Å²) in [4.78, 5) is 46.1. The van der Waals surface area contributed by atoms with Crippen molar-refractivity contribution in [2.45, 2.75) is 11.4 Å². The van der Waals surface area contributed by atoms with Gasteiger partial charge in [0.25, 0.3) is 11.6 Å². The van der Waals surface area contributed by atoms with Crippen LogP contribution in [0.2, 0.25) is 0 Å². The molecular weight excluding hydrogens is 386 g/mol. The minimum Gasteiger partial charge on any atom is -0.484 e. The molecule has 0 unspecified atom stereocenters. The number of rotatable bonds is 7. The van der Waals surface area contributed by atoms with Gasteiger partial charge in [-0.05, 0) is 24.3 Å². The minimum atomic E-state index is -0.862. The van der Waals surface area contributed by atoms with Crippen molar-refractivity contribution in [2.24, 2.45) is 0 Å². The summed E-state index contributed by atoms with van der Waals surface area (Å²) in [5.41, 5.74) is 0.135. The van der Waals surface area contributed by atoms with Crippen molar-refractivity contribution in [3.8, 4) is 5.75 Å². The molecule has 1 aliphatic heterocycles. The Morgan fingerprint density at radius 1 is 1.14 bits per heavy atom. The molecule has 0 aliphatic carbocycles. The Morgan fingerprint density at radius 3 is 2.43 bits per heavy atom. The summed E-state index contributed by atoms with van der Waals surface area (Å²) in [6.07, 6.45) is 0. The Morgan fingerprint density at radius 2 is 1.82 bits per heavy atom. The molecule has 1 fully saturated rings. The first kappa shape index (κ1) is 19.4. The van der Waals surface area contributed by atoms with Crippen molar-refractivity contribution >= 4 is 34.4 Å². The van der Waals surface area contributed by atoms with E-state index in [1.54, 1.807) is 24.3 Å². The first-order chi connectivity index (χ1) is 13.4. The predicted octanol–water partition coefficient (Wildman–Crippen LogP) is 1.49. The van der Waals surface area contributed by atoms with Crippen LogP contribution in [0, 0.1) is 10.1 Å². The normalized spacial score (nSPS) is 17.8. The molecule has 1 saturated heterocycles. The van der Waals surface area contributed by atoms with Gasteiger partial charge in [0.05, 0.1) is 4.92 Å². The number of hydrogen-bond donors (Lipinski definition) is 2. The number of ether oxygens (including phenoxy) is 1. The van der Waals surface area contributed by atoms with Crippen molar-refractivity contribution in [1.82, 2.24) is 10.6 Å². The molecular formula is C18H15N3O6S. The summed E-state index contributed by atoms with van der Waals surface area (Å²) in [5, 5.41) is 14.7. The summed E-state index contributed by atoms with van der Waals surface area (Å²) >= 11 is 0.826. The molecule has 10 heteroatoms. The van der Waals surface area contributed by atoms with Crippen molar-refractivity contribution in [1.29, 1.82) is 0 Å². The third-order valence-corrected chi connectivity index (χ3v) is 4.94. The summed E-state index contributed by atoms with van der Waals surface area (Å²) in [5.74, 6) is -0.367. The Kier molecular flexibility index (Phi) is 5.90. The van der Waals surface area contributed by atoms with Gasteiger partial charge in [-0.1, -0.05) is 30.0 Å². The molecule has 2 aromatic rings. The molecule has 1 aliphatic rings. The monoisotopic (exact) mass is 401 g/mol. The highest BCUT2D eigenvalue weighted by molar-refractivity contribution is 8.14. The molecule has 0 radical (unpaired) electrons. The zero-order valence-electron chi connectivity index (χ0n) is 14.4. The molecule has 0 saturated carbocycles. The number of thioether (sulfide) groups is 1. The highest BCUT2D eigenvalue weighted by Crippen LogP contribution is 2.25. The number of carbonyl (C=O) groups is 3. The van der Waals surface area contributed by atoms with Gasteiger partial charge in [0, 0.05) is 17.7 Å². The van der Waals surface area contributed by atoms with Gasteiger partial charge < -0.3 is 15.4 Å². The molecule has 28 heavy (non-hydrogen) atoms. The van der Waals surface area contributed by atoms with E-state index in [4.69, 9.17) is 4.74 Å². The lowest BCUT2D eigenvalue weighted by Crippen LogP contribution is -2.68. The smallest absolute Gasteiger partial charge is 0.269 e. The van der Waals surface area contributed by atoms with E-state index in [-0.39, 0.29) is 23.0 Å². The van der Waals surface area contributed by atoms with Gasteiger partial charge >= 0.3 is 0 Å². The standard InChI is InChI=1S/C18H15N3O6S/c22-14(10-27-13-4-2-1-3-5-13)19-15-16(23)20-17(15)28-18(24)11-6-8-12(9-7-11)21(25)26/h1-9,15,17H,10H2,(H,19,22)(H,20,23)/t15-,17-/m1/s1. The maximum Gasteiger partial charge on any atom is 0.269 e. The number of non-ortho nitro benzene ring substituents is 1. The Bertz CT molecular complexity index is 903. The maximum absolute atomic E-state index is 12.3. The highest BCUT2D eigenvalue weighted by Gasteiger charge is 2.42. The number of carbonyl (C=O) groups excluding carboxylic acids is 3. The Hall–Kier alpha value is -3.40. The molecule has 2 aromatic carbocycles. The van der Waals surface area contributed by atoms with Crippen LogP contribution in [-0.4, -0.2) is 39.9 Å². The predicted molar refractivity (Wildman–Crippen MR) is 101 cm³/mol. The molecule has 0 aromatic heterocycles. The van der Waals surface area contributed by atoms with E-state index in [1.807, 2.05) is 6.07 Å². The van der Waals surface area contributed by atoms with E-state index in [0.717, 1.165) is 11.8 Å². The van der Waals surface area contributed by atoms with Crippen LogP contribution in [0.15, 0.2) is 54.6 Å². The fourth-order valence-corrected chi connectivity index (χ4v) is 3.38. The Balaban J connectivity index is 1.51. The third kappa shape index (κ3) is 4.65. The summed E-state index contributed by atoms with van der Waals surface area (Å²) < 4.78 is 5.32. The van der Waals surface area contributed by atoms with Gasteiger partial charge in [-0.25, -0.2) is 0 Å². The van der Waals surface area contributed by atoms with Crippen LogP contribution in [0.25, 0.3) is 0 Å². The average molecular weight is 401 g/mol. The number of nitrogens with zero attached hydrogens (tertiary/aromatic N) is 1. The summed E-state index contributed by atoms with van der Waals surface area (Å²) in [6, 6.07) is 13.0. The fraction of sp³-hybridized carbons (Fsp3) is 0.167. The minimum absolute atomic E-state index is 0.123. The van der Waals surface area contributed by atoms with E-state index < -0.39 is 28.2 Å². The molecule has 1 heterocycles. The van der Waals surface area contributed by atoms with Gasteiger partial charge in [0.1, 0.15) is 17.2 Å². The van der Waals surface area contributed by atoms with Crippen LogP contribution in [0.5, 0.6) is 5.75 Å². The maximum atomic E-state index is 12.3. The number of benzene rings is 2. The second-order valence-corrected chi connectivity index (χ2v) is 6.90. The molecule has 2 N–H and O–H groups in total. The number of β-lactam (4-membered cyclic amide) rings is 1. The topological polar surface area (TPSA) is 128 Å². The van der Waals surface area contributed by atoms with Crippen molar-refractivity contribution in [2.75, 3.05) is 6.61 Å². The zero-order chi connectivity index (χ0) is 20.1. The van der Waals surface area contributed by atoms with Gasteiger partial charge in [-0.15, -0.1) is 0 Å². The number of hydrogen-bond acceptors (Lipinski definition) is 7. The first-order valence-corrected chi connectivity index (χ1v) is 9.05. The summed E-state index contributed by atoms with van der Waals surface area (Å²) in [7, 11) is 0. The van der Waals surface area contributed by atoms with Crippen LogP contribution in [0.3, 0.4) is 0 Å². The van der Waals surface area contributed by atoms with E-state index in [9.17, 15) is 24.5 Å². The lowest BCUT2D eigenvalue weighted by atomic mass is 10.1. The lowest BCUT2D eigenvalue weighted by molar-refractivity contribution is -0.384. The number of nitro groups is 1. The SMILES string of the molecule is O=C(COc1ccccc1)N[C@@H]1C(=O)N[C@@H]1SC(=O)c1ccc([N+](=O)[O-])cc1. The van der Waals surface area contributed by atoms with Crippen LogP contribution in [0.4, 0.5) is 5.69 Å². The molecule has 0 spiro atoms. The van der Waals surface area contributed by atoms with Gasteiger partial charge in [-0.2, -0.15) is 0 Å². The average Bonchev–Trinajstić information content (AvgIpc) is 2.71. The van der Waals surface area contributed by atoms with Gasteiger partial charge in [0.2, 0.25) is 11.0 Å². The molecule has 144 valence electrons. The lowest BCUT2D eigenvalue weighted by Gasteiger charge is -2.35. The van der Waals surface area contributed by atoms with E-state index >= 15 is 0 Å². The van der Waals surface area contributed by atoms with Gasteiger partial charge in [-0.3, -0.25) is 24.5 Å². The van der Waals surface area contributed by atoms with E-state index in [0.29, 0.717) is 5.75 Å². The van der Waals surface area contributed by atoms with Crippen LogP contribution in [-0.2, 0) is 9.59 Å². The molecule has 0 bridgehead atoms. The number of amides is 2. The summed E-state index contributed by atoms with van der Waals surface area (Å²) in [6.45, 7) is -0.262. The molecule has 2 amide bonds. The van der Waals surface area contributed by atoms with Crippen molar-refractivity contribution < 1.29 is 24.0 Å². The van der Waals surface area contributed by atoms with E-state index in [2.05, 4.69) is 10.6 Å². The third-order valence-electron chi connectivity index (χ3n) is 3.85. The molecule has 3 rings (SSSR count). The zero-order valence-corrected chi connectivity index (χ0v) is 15.2. The second-order valence-electron chi connectivity index (χ2n) is 5.79. The van der Waals surface area contributed by atoms with Crippen LogP contribution >= 0.6 is 11.8 Å². The Labute approximate surface area is 163 Å². The van der Waals surface area contributed by atoms with Crippen molar-refractivity contribution in [3.63, 3.8) is 0 Å². The molecule has 9 nitrogen and oxygen atoms in total. The fourth-order valence-electron chi connectivity index (χ4n) is 2.38. The van der Waals surface area contributed by atoms with Crippen LogP contribution < -0.4 is 15.4 Å².